The number of hydrogen-bond acceptors (Lipinski definition) is 6. The Hall–Kier alpha value is -1.71. The number of nitriles is 1. The van der Waals surface area contributed by atoms with Crippen LogP contribution in [-0.4, -0.2) is 35.0 Å². The van der Waals surface area contributed by atoms with Gasteiger partial charge < -0.3 is 14.8 Å². The molecule has 3 rings (SSSR count). The number of nitrogens with one attached hydrogen (secondary N) is 1. The molecular formula is C13H16N4O2. The minimum absolute atomic E-state index is 0.204. The molecule has 0 radical (unpaired) electrons. The maximum absolute atomic E-state index is 9.01. The fraction of sp³-hybridized carbons (Fsp3) is 0.615. The normalized spacial score (nSPS) is 25.1. The van der Waals surface area contributed by atoms with Crippen molar-refractivity contribution in [2.24, 2.45) is 0 Å². The van der Waals surface area contributed by atoms with Gasteiger partial charge in [0.1, 0.15) is 6.07 Å². The van der Waals surface area contributed by atoms with Crippen molar-refractivity contribution in [2.75, 3.05) is 18.5 Å². The van der Waals surface area contributed by atoms with Crippen molar-refractivity contribution in [1.82, 2.24) is 9.97 Å². The van der Waals surface area contributed by atoms with Crippen LogP contribution in [-0.2, 0) is 9.47 Å². The molecule has 0 amide bonds. The Balaban J connectivity index is 1.71. The molecule has 19 heavy (non-hydrogen) atoms. The number of ether oxygens (including phenoxy) is 2. The highest BCUT2D eigenvalue weighted by Crippen LogP contribution is 2.36. The largest absolute Gasteiger partial charge is 0.365 e. The highest BCUT2D eigenvalue weighted by molar-refractivity contribution is 5.47. The van der Waals surface area contributed by atoms with Gasteiger partial charge >= 0.3 is 0 Å². The molecule has 0 bridgehead atoms. The Morgan fingerprint density at radius 2 is 2.11 bits per heavy atom. The van der Waals surface area contributed by atoms with E-state index in [0.29, 0.717) is 24.7 Å². The number of hydrogen-bond donors (Lipinski definition) is 1. The SMILES string of the molecule is N#Cc1nccnc1N[C@H]1CCCC2(C1)OCCO2. The molecule has 100 valence electrons. The molecule has 1 aromatic rings. The second-order valence-electron chi connectivity index (χ2n) is 4.91. The molecule has 2 heterocycles. The van der Waals surface area contributed by atoms with Crippen LogP contribution in [0.1, 0.15) is 31.4 Å². The molecule has 6 heteroatoms. The van der Waals surface area contributed by atoms with E-state index in [-0.39, 0.29) is 6.04 Å². The van der Waals surface area contributed by atoms with Crippen molar-refractivity contribution in [3.05, 3.63) is 18.1 Å². The van der Waals surface area contributed by atoms with Gasteiger partial charge in [0.05, 0.1) is 13.2 Å². The lowest BCUT2D eigenvalue weighted by Gasteiger charge is -2.36. The zero-order valence-electron chi connectivity index (χ0n) is 10.6. The van der Waals surface area contributed by atoms with Crippen molar-refractivity contribution in [1.29, 1.82) is 5.26 Å². The van der Waals surface area contributed by atoms with Gasteiger partial charge in [-0.1, -0.05) is 0 Å². The first-order chi connectivity index (χ1) is 9.31. The molecule has 0 unspecified atom stereocenters. The van der Waals surface area contributed by atoms with E-state index < -0.39 is 5.79 Å². The number of aromatic nitrogens is 2. The summed E-state index contributed by atoms with van der Waals surface area (Å²) >= 11 is 0. The van der Waals surface area contributed by atoms with Gasteiger partial charge in [-0.05, 0) is 12.8 Å². The molecule has 0 aromatic carbocycles. The van der Waals surface area contributed by atoms with Crippen molar-refractivity contribution >= 4 is 5.82 Å². The predicted molar refractivity (Wildman–Crippen MR) is 67.3 cm³/mol. The molecule has 1 spiro atoms. The highest BCUT2D eigenvalue weighted by atomic mass is 16.7. The van der Waals surface area contributed by atoms with E-state index >= 15 is 0 Å². The average Bonchev–Trinajstić information content (AvgIpc) is 2.87. The van der Waals surface area contributed by atoms with Crippen LogP contribution < -0.4 is 5.32 Å². The Bertz CT molecular complexity index is 494. The van der Waals surface area contributed by atoms with E-state index in [1.165, 1.54) is 6.20 Å². The third-order valence-electron chi connectivity index (χ3n) is 3.63. The molecule has 1 atom stereocenters. The second-order valence-corrected chi connectivity index (χ2v) is 4.91. The first-order valence-corrected chi connectivity index (χ1v) is 6.57. The Kier molecular flexibility index (Phi) is 3.32. The summed E-state index contributed by atoms with van der Waals surface area (Å²) in [4.78, 5) is 8.18. The summed E-state index contributed by atoms with van der Waals surface area (Å²) in [6, 6.07) is 2.25. The van der Waals surface area contributed by atoms with Gasteiger partial charge in [-0.2, -0.15) is 5.26 Å². The maximum Gasteiger partial charge on any atom is 0.182 e. The summed E-state index contributed by atoms with van der Waals surface area (Å²) < 4.78 is 11.5. The molecule has 1 saturated heterocycles. The first-order valence-electron chi connectivity index (χ1n) is 6.57. The van der Waals surface area contributed by atoms with Crippen molar-refractivity contribution < 1.29 is 9.47 Å². The van der Waals surface area contributed by atoms with Crippen LogP contribution in [0.25, 0.3) is 0 Å². The third kappa shape index (κ3) is 2.53. The van der Waals surface area contributed by atoms with E-state index in [0.717, 1.165) is 25.7 Å². The lowest BCUT2D eigenvalue weighted by molar-refractivity contribution is -0.178. The molecule has 1 saturated carbocycles. The summed E-state index contributed by atoms with van der Waals surface area (Å²) in [7, 11) is 0. The fourth-order valence-electron chi connectivity index (χ4n) is 2.80. The Labute approximate surface area is 111 Å². The highest BCUT2D eigenvalue weighted by Gasteiger charge is 2.41. The fourth-order valence-corrected chi connectivity index (χ4v) is 2.80. The summed E-state index contributed by atoms with van der Waals surface area (Å²) in [6.07, 6.45) is 6.90. The topological polar surface area (TPSA) is 80.1 Å². The van der Waals surface area contributed by atoms with E-state index in [4.69, 9.17) is 14.7 Å². The summed E-state index contributed by atoms with van der Waals surface area (Å²) in [6.45, 7) is 1.34. The number of rotatable bonds is 2. The molecule has 6 nitrogen and oxygen atoms in total. The van der Waals surface area contributed by atoms with Gasteiger partial charge in [0, 0.05) is 31.3 Å². The van der Waals surface area contributed by atoms with Crippen LogP contribution in [0.2, 0.25) is 0 Å². The van der Waals surface area contributed by atoms with Gasteiger partial charge in [-0.3, -0.25) is 0 Å². The lowest BCUT2D eigenvalue weighted by Crippen LogP contribution is -2.41. The van der Waals surface area contributed by atoms with E-state index in [1.807, 2.05) is 6.07 Å². The monoisotopic (exact) mass is 260 g/mol. The van der Waals surface area contributed by atoms with Crippen LogP contribution in [0.4, 0.5) is 5.82 Å². The zero-order chi connectivity index (χ0) is 13.1. The van der Waals surface area contributed by atoms with Crippen molar-refractivity contribution in [3.8, 4) is 6.07 Å². The van der Waals surface area contributed by atoms with Crippen LogP contribution in [0.3, 0.4) is 0 Å². The molecule has 1 N–H and O–H groups in total. The van der Waals surface area contributed by atoms with Crippen LogP contribution in [0.5, 0.6) is 0 Å². The standard InChI is InChI=1S/C13H16N4O2/c14-9-11-12(16-5-4-15-11)17-10-2-1-3-13(8-10)18-6-7-19-13/h4-5,10H,1-3,6-8H2,(H,16,17)/t10-/m0/s1. The minimum Gasteiger partial charge on any atom is -0.365 e. The average molecular weight is 260 g/mol. The summed E-state index contributed by atoms with van der Waals surface area (Å²) in [5.41, 5.74) is 0.329. The smallest absolute Gasteiger partial charge is 0.182 e. The van der Waals surface area contributed by atoms with Crippen molar-refractivity contribution in [2.45, 2.75) is 37.5 Å². The number of nitrogens with zero attached hydrogens (tertiary/aromatic N) is 3. The van der Waals surface area contributed by atoms with E-state index in [2.05, 4.69) is 15.3 Å². The van der Waals surface area contributed by atoms with Gasteiger partial charge in [0.25, 0.3) is 0 Å². The van der Waals surface area contributed by atoms with E-state index in [1.54, 1.807) is 6.20 Å². The summed E-state index contributed by atoms with van der Waals surface area (Å²) in [5.74, 6) is 0.121. The van der Waals surface area contributed by atoms with Gasteiger partial charge in [-0.15, -0.1) is 0 Å². The quantitative estimate of drug-likeness (QED) is 0.866. The van der Waals surface area contributed by atoms with Crippen LogP contribution >= 0.6 is 0 Å². The minimum atomic E-state index is -0.426. The molecular weight excluding hydrogens is 244 g/mol. The molecule has 2 aliphatic rings. The van der Waals surface area contributed by atoms with Crippen LogP contribution in [0.15, 0.2) is 12.4 Å². The first kappa shape index (κ1) is 12.3. The van der Waals surface area contributed by atoms with Gasteiger partial charge in [-0.25, -0.2) is 9.97 Å². The van der Waals surface area contributed by atoms with Gasteiger partial charge in [0.15, 0.2) is 17.3 Å². The molecule has 1 aliphatic carbocycles. The maximum atomic E-state index is 9.01. The summed E-state index contributed by atoms with van der Waals surface area (Å²) in [5, 5.41) is 12.3. The number of anilines is 1. The zero-order valence-corrected chi connectivity index (χ0v) is 10.6. The molecule has 2 fully saturated rings. The Morgan fingerprint density at radius 1 is 1.32 bits per heavy atom. The Morgan fingerprint density at radius 3 is 2.89 bits per heavy atom. The second kappa shape index (κ2) is 5.11. The predicted octanol–water partition coefficient (Wildman–Crippen LogP) is 1.45. The van der Waals surface area contributed by atoms with Gasteiger partial charge in [0.2, 0.25) is 0 Å². The lowest BCUT2D eigenvalue weighted by atomic mass is 9.90. The third-order valence-corrected chi connectivity index (χ3v) is 3.63. The van der Waals surface area contributed by atoms with Crippen LogP contribution in [0, 0.1) is 11.3 Å². The van der Waals surface area contributed by atoms with Crippen molar-refractivity contribution in [3.63, 3.8) is 0 Å². The molecule has 1 aliphatic heterocycles. The van der Waals surface area contributed by atoms with E-state index in [9.17, 15) is 0 Å². The molecule has 1 aromatic heterocycles.